The molecule has 0 rings (SSSR count). The molecule has 9 nitrogen and oxygen atoms in total. The van der Waals surface area contributed by atoms with Gasteiger partial charge in [0.05, 0.1) is 0 Å². The summed E-state index contributed by atoms with van der Waals surface area (Å²) in [6.45, 7) is 0. The van der Waals surface area contributed by atoms with Gasteiger partial charge in [0, 0.05) is 0 Å². The van der Waals surface area contributed by atoms with E-state index in [2.05, 4.69) is 13.3 Å². The van der Waals surface area contributed by atoms with Crippen LogP contribution in [0, 0.1) is 10.1 Å². The quantitative estimate of drug-likeness (QED) is 0.325. The van der Waals surface area contributed by atoms with Crippen LogP contribution < -0.4 is 0 Å². The summed E-state index contributed by atoms with van der Waals surface area (Å²) in [6.07, 6.45) is 0. The fraction of sp³-hybridized carbons (Fsp3) is 0. The predicted octanol–water partition coefficient (Wildman–Crippen LogP) is 1.68. The minimum absolute atomic E-state index is 0. The van der Waals surface area contributed by atoms with E-state index in [0.29, 0.717) is 0 Å². The Bertz CT molecular complexity index is 121. The summed E-state index contributed by atoms with van der Waals surface area (Å²) in [5.41, 5.74) is 0. The largest absolute Gasteiger partial charge is 0.693 e. The molecule has 13 heavy (non-hydrogen) atoms. The van der Waals surface area contributed by atoms with Crippen LogP contribution in [0.4, 0.5) is 0 Å². The number of rotatable bonds is 0. The first-order valence-electron chi connectivity index (χ1n) is 1.59. The Kier molecular flexibility index (Phi) is 68.1. The maximum Gasteiger partial charge on any atom is -0.693 e. The van der Waals surface area contributed by atoms with Gasteiger partial charge in [0.2, 0.25) is 0 Å². The molecule has 0 amide bonds. The number of carboxylic acids is 2. The minimum atomic E-state index is -1.82. The van der Waals surface area contributed by atoms with E-state index in [9.17, 15) is 0 Å². The number of carboxylic acid groups (broad SMARTS) is 2. The molecule has 0 aromatic heterocycles. The average molecular weight is 443 g/mol. The van der Waals surface area contributed by atoms with Gasteiger partial charge in [0.25, 0.3) is 0 Å². The maximum absolute atomic E-state index is 9.10. The fourth-order valence-corrected chi connectivity index (χ4v) is 0. The molecular weight excluding hydrogens is 437 g/mol. The van der Waals surface area contributed by atoms with E-state index in [-0.39, 0.29) is 12.3 Å². The molecule has 0 fully saturated rings. The van der Waals surface area contributed by atoms with Gasteiger partial charge in [-0.1, -0.05) is 0 Å². The van der Waals surface area contributed by atoms with Gasteiger partial charge in [-0.3, -0.25) is 0 Å². The van der Waals surface area contributed by atoms with Gasteiger partial charge in [-0.2, -0.15) is 0 Å². The van der Waals surface area contributed by atoms with Crippen LogP contribution in [-0.4, -0.2) is 22.2 Å². The average Bonchev–Trinajstić information content (AvgIpc) is 1.93. The molecule has 11 heteroatoms. The standard InChI is InChI=1S/C2H2O4.BrH.HNO2.2H2N.Pt/c3-1(4)2(5)6;;2-1-3;;;/h(H,3,4)(H,5,6);1H;(H,2,3);2*1H2;/q;;;2*-1;+1/p-2. The van der Waals surface area contributed by atoms with Crippen LogP contribution in [-0.2, 0) is 27.3 Å². The predicted molar refractivity (Wildman–Crippen MR) is 43.9 cm³/mol. The zero-order chi connectivity index (χ0) is 9.86. The number of halogens is 1. The summed E-state index contributed by atoms with van der Waals surface area (Å²) >= 11 is 4.86. The molecule has 0 aliphatic carbocycles. The zero-order valence-corrected chi connectivity index (χ0v) is 9.68. The first kappa shape index (κ1) is 29.4. The molecule has 0 aromatic carbocycles. The van der Waals surface area contributed by atoms with Crippen molar-refractivity contribution in [1.29, 1.82) is 0 Å². The third-order valence-electron chi connectivity index (χ3n) is 0.183. The molecule has 0 aliphatic rings. The summed E-state index contributed by atoms with van der Waals surface area (Å²) in [7, 11) is 0. The molecule has 0 aliphatic heterocycles. The van der Waals surface area contributed by atoms with E-state index in [1.807, 2.05) is 17.8 Å². The Hall–Kier alpha value is -0.572. The maximum atomic E-state index is 9.10. The molecule has 0 saturated carbocycles. The van der Waals surface area contributed by atoms with Crippen molar-refractivity contribution in [3.63, 3.8) is 0 Å². The summed E-state index contributed by atoms with van der Waals surface area (Å²) in [5.74, 6) is -3.65. The van der Waals surface area contributed by atoms with Crippen LogP contribution in [0.1, 0.15) is 0 Å². The van der Waals surface area contributed by atoms with Crippen molar-refractivity contribution in [2.24, 2.45) is 5.34 Å². The number of nitrogens with zero attached hydrogens (tertiary/aromatic N) is 1. The van der Waals surface area contributed by atoms with Crippen molar-refractivity contribution in [3.8, 4) is 0 Å². The topological polar surface area (TPSA) is 194 Å². The van der Waals surface area contributed by atoms with E-state index < -0.39 is 11.9 Å². The van der Waals surface area contributed by atoms with Crippen LogP contribution in [0.15, 0.2) is 5.34 Å². The number of hydrogen-bond donors (Lipinski definition) is 2. The Morgan fingerprint density at radius 3 is 1.23 bits per heavy atom. The van der Waals surface area contributed by atoms with Gasteiger partial charge in [-0.25, -0.2) is 9.59 Å². The molecule has 0 spiro atoms. The van der Waals surface area contributed by atoms with Crippen molar-refractivity contribution >= 4 is 25.2 Å². The van der Waals surface area contributed by atoms with Crippen molar-refractivity contribution in [2.45, 2.75) is 0 Å². The Morgan fingerprint density at radius 2 is 1.23 bits per heavy atom. The first-order chi connectivity index (χ1) is 5.06. The molecule has 85 valence electrons. The fourth-order valence-electron chi connectivity index (χ4n) is 0. The van der Waals surface area contributed by atoms with Crippen LogP contribution in [0.5, 0.6) is 0 Å². The summed E-state index contributed by atoms with van der Waals surface area (Å²) in [5, 5.41) is 23.8. The third-order valence-corrected chi connectivity index (χ3v) is 0.183. The molecule has 0 bridgehead atoms. The minimum Gasteiger partial charge on any atom is -0.693 e. The molecule has 0 saturated heterocycles. The molecule has 0 aromatic rings. The number of nitrogens with two attached hydrogens (primary N) is 2. The number of aliphatic carboxylic acids is 2. The van der Waals surface area contributed by atoms with Gasteiger partial charge < -0.3 is 32.6 Å². The third kappa shape index (κ3) is 86.4. The van der Waals surface area contributed by atoms with Gasteiger partial charge >= 0.3 is 43.0 Å². The van der Waals surface area contributed by atoms with Crippen molar-refractivity contribution in [3.05, 3.63) is 22.4 Å². The smallest absolute Gasteiger partial charge is 0.693 e. The van der Waals surface area contributed by atoms with Crippen LogP contribution in [0.2, 0.25) is 0 Å². The Balaban J connectivity index is -0.0000000268. The Morgan fingerprint density at radius 1 is 1.15 bits per heavy atom. The zero-order valence-electron chi connectivity index (χ0n) is 5.82. The van der Waals surface area contributed by atoms with E-state index in [4.69, 9.17) is 29.9 Å². The van der Waals surface area contributed by atoms with Crippen LogP contribution >= 0.6 is 13.3 Å². The van der Waals surface area contributed by atoms with E-state index in [0.717, 1.165) is 5.34 Å². The molecule has 0 heterocycles. The second-order valence-electron chi connectivity index (χ2n) is 0.685. The van der Waals surface area contributed by atoms with Crippen molar-refractivity contribution in [2.75, 3.05) is 0 Å². The van der Waals surface area contributed by atoms with Gasteiger partial charge in [0.15, 0.2) is 0 Å². The van der Waals surface area contributed by atoms with Crippen molar-refractivity contribution < 1.29 is 37.6 Å². The monoisotopic (exact) mass is 442 g/mol. The summed E-state index contributed by atoms with van der Waals surface area (Å²) in [6, 6.07) is 0. The summed E-state index contributed by atoms with van der Waals surface area (Å²) < 4.78 is 0. The molecule has 6 N–H and O–H groups in total. The molecule has 0 radical (unpaired) electrons. The molecule has 0 unspecified atom stereocenters. The second-order valence-corrected chi connectivity index (χ2v) is 0.685. The normalized spacial score (nSPS) is 4.85. The number of carbonyl (C=O) groups is 2. The SMILES string of the molecule is O=C(O)C(=O)O.O=N[O-].[Br][Pt].[NH2-].[NH2-]. The van der Waals surface area contributed by atoms with E-state index in [1.165, 1.54) is 0 Å². The van der Waals surface area contributed by atoms with Gasteiger partial charge in [-0.15, -0.1) is 5.34 Å². The first-order valence-corrected chi connectivity index (χ1v) is 6.55. The number of hydrogen-bond acceptors (Lipinski definition) is 5. The van der Waals surface area contributed by atoms with E-state index in [1.54, 1.807) is 0 Å². The van der Waals surface area contributed by atoms with E-state index >= 15 is 0 Å². The van der Waals surface area contributed by atoms with Crippen LogP contribution in [0.3, 0.4) is 0 Å². The Labute approximate surface area is 90.6 Å². The second kappa shape index (κ2) is 30.1. The molecule has 0 atom stereocenters. The van der Waals surface area contributed by atoms with Gasteiger partial charge in [-0.05, 0) is 0 Å². The summed E-state index contributed by atoms with van der Waals surface area (Å²) in [4.78, 5) is 26.2. The van der Waals surface area contributed by atoms with Crippen molar-refractivity contribution in [1.82, 2.24) is 0 Å². The van der Waals surface area contributed by atoms with Crippen LogP contribution in [0.25, 0.3) is 12.3 Å². The molecular formula is C2H6BrN3O6Pt-3. The van der Waals surface area contributed by atoms with Gasteiger partial charge in [0.1, 0.15) is 0 Å².